The lowest BCUT2D eigenvalue weighted by atomic mass is 10.0. The summed E-state index contributed by atoms with van der Waals surface area (Å²) in [6.07, 6.45) is 0.585. The van der Waals surface area contributed by atoms with Crippen LogP contribution in [0.25, 0.3) is 0 Å². The van der Waals surface area contributed by atoms with E-state index in [2.05, 4.69) is 15.6 Å². The second-order valence-corrected chi connectivity index (χ2v) is 6.57. The molecule has 0 aliphatic carbocycles. The number of nitrogens with zero attached hydrogens (tertiary/aromatic N) is 1. The van der Waals surface area contributed by atoms with Crippen LogP contribution in [0.4, 0.5) is 0 Å². The highest BCUT2D eigenvalue weighted by Crippen LogP contribution is 2.11. The molecule has 2 amide bonds. The van der Waals surface area contributed by atoms with E-state index in [1.807, 2.05) is 0 Å². The average Bonchev–Trinajstić information content (AvgIpc) is 2.69. The smallest absolute Gasteiger partial charge is 0.328 e. The number of carboxylic acid groups (broad SMARTS) is 1. The minimum Gasteiger partial charge on any atom is -0.508 e. The molecule has 30 heavy (non-hydrogen) atoms. The third kappa shape index (κ3) is 8.75. The molecule has 0 spiro atoms. The number of aliphatic imine (C=N–C) groups is 1. The average molecular weight is 424 g/mol. The summed E-state index contributed by atoms with van der Waals surface area (Å²) in [5.74, 6) is -2.87. The number of nitrogens with two attached hydrogens (primary N) is 3. The summed E-state index contributed by atoms with van der Waals surface area (Å²) in [4.78, 5) is 39.7. The van der Waals surface area contributed by atoms with Crippen LogP contribution in [0.15, 0.2) is 29.3 Å². The summed E-state index contributed by atoms with van der Waals surface area (Å²) in [5.41, 5.74) is 17.1. The Bertz CT molecular complexity index is 750. The van der Waals surface area contributed by atoms with Crippen molar-refractivity contribution in [1.82, 2.24) is 10.6 Å². The van der Waals surface area contributed by atoms with Crippen LogP contribution >= 0.6 is 0 Å². The Balaban J connectivity index is 2.79. The van der Waals surface area contributed by atoms with Crippen LogP contribution in [0, 0.1) is 0 Å². The van der Waals surface area contributed by atoms with E-state index in [9.17, 15) is 19.5 Å². The van der Waals surface area contributed by atoms with Gasteiger partial charge in [-0.05, 0) is 37.0 Å². The molecule has 0 aliphatic rings. The van der Waals surface area contributed by atoms with Gasteiger partial charge in [0.25, 0.3) is 0 Å². The molecule has 166 valence electrons. The number of hydrogen-bond acceptors (Lipinski definition) is 7. The number of phenolic OH excluding ortho intramolecular Hbond substituents is 1. The minimum atomic E-state index is -1.51. The lowest BCUT2D eigenvalue weighted by Gasteiger charge is -2.22. The predicted molar refractivity (Wildman–Crippen MR) is 108 cm³/mol. The van der Waals surface area contributed by atoms with Crippen molar-refractivity contribution in [3.63, 3.8) is 0 Å². The fourth-order valence-corrected chi connectivity index (χ4v) is 2.49. The highest BCUT2D eigenvalue weighted by molar-refractivity contribution is 5.91. The third-order valence-corrected chi connectivity index (χ3v) is 4.10. The van der Waals surface area contributed by atoms with Crippen molar-refractivity contribution in [2.45, 2.75) is 37.4 Å². The molecule has 0 heterocycles. The van der Waals surface area contributed by atoms with Crippen LogP contribution in [0.2, 0.25) is 0 Å². The van der Waals surface area contributed by atoms with Gasteiger partial charge in [-0.25, -0.2) is 4.79 Å². The van der Waals surface area contributed by atoms with Crippen LogP contribution in [0.3, 0.4) is 0 Å². The number of aliphatic carboxylic acids is 1. The van der Waals surface area contributed by atoms with Crippen LogP contribution in [0.5, 0.6) is 5.75 Å². The number of carbonyl (C=O) groups is 3. The molecule has 0 saturated heterocycles. The summed E-state index contributed by atoms with van der Waals surface area (Å²) >= 11 is 0. The molecule has 0 aliphatic heterocycles. The summed E-state index contributed by atoms with van der Waals surface area (Å²) in [7, 11) is 0. The highest BCUT2D eigenvalue weighted by Gasteiger charge is 2.27. The van der Waals surface area contributed by atoms with Gasteiger partial charge in [0.05, 0.1) is 12.6 Å². The normalized spacial score (nSPS) is 13.5. The number of aromatic hydroxyl groups is 1. The van der Waals surface area contributed by atoms with Gasteiger partial charge in [-0.15, -0.1) is 0 Å². The number of aliphatic hydroxyl groups excluding tert-OH is 1. The van der Waals surface area contributed by atoms with Gasteiger partial charge in [0.1, 0.15) is 17.8 Å². The summed E-state index contributed by atoms with van der Waals surface area (Å²) in [5, 5.41) is 32.0. The number of benzene rings is 1. The Hall–Kier alpha value is -3.38. The Labute approximate surface area is 173 Å². The fourth-order valence-electron chi connectivity index (χ4n) is 2.49. The van der Waals surface area contributed by atoms with Crippen molar-refractivity contribution in [1.29, 1.82) is 0 Å². The van der Waals surface area contributed by atoms with Crippen molar-refractivity contribution in [2.75, 3.05) is 13.2 Å². The number of aliphatic hydroxyl groups is 1. The van der Waals surface area contributed by atoms with Crippen LogP contribution in [-0.2, 0) is 20.8 Å². The van der Waals surface area contributed by atoms with E-state index in [-0.39, 0.29) is 31.1 Å². The SMILES string of the molecule is NC(N)=NCCCC(NC(=O)C(N)Cc1ccc(O)cc1)C(=O)NC(CO)C(=O)O. The van der Waals surface area contributed by atoms with Gasteiger partial charge in [-0.1, -0.05) is 12.1 Å². The van der Waals surface area contributed by atoms with Crippen molar-refractivity contribution >= 4 is 23.7 Å². The van der Waals surface area contributed by atoms with E-state index in [1.165, 1.54) is 12.1 Å². The molecule has 12 nitrogen and oxygen atoms in total. The van der Waals surface area contributed by atoms with E-state index >= 15 is 0 Å². The number of rotatable bonds is 12. The first-order valence-electron chi connectivity index (χ1n) is 9.17. The van der Waals surface area contributed by atoms with Crippen molar-refractivity contribution in [3.05, 3.63) is 29.8 Å². The number of hydrogen-bond donors (Lipinski definition) is 8. The molecule has 11 N–H and O–H groups in total. The maximum Gasteiger partial charge on any atom is 0.328 e. The number of guanidine groups is 1. The number of carboxylic acids is 1. The van der Waals surface area contributed by atoms with E-state index < -0.39 is 42.5 Å². The number of carbonyl (C=O) groups excluding carboxylic acids is 2. The van der Waals surface area contributed by atoms with Crippen LogP contribution in [0.1, 0.15) is 18.4 Å². The predicted octanol–water partition coefficient (Wildman–Crippen LogP) is -2.64. The van der Waals surface area contributed by atoms with Gasteiger partial charge in [0.15, 0.2) is 5.96 Å². The molecule has 0 bridgehead atoms. The van der Waals surface area contributed by atoms with Crippen molar-refractivity contribution in [3.8, 4) is 5.75 Å². The van der Waals surface area contributed by atoms with E-state index in [1.54, 1.807) is 12.1 Å². The topological polar surface area (TPSA) is 226 Å². The molecule has 0 aromatic heterocycles. The lowest BCUT2D eigenvalue weighted by Crippen LogP contribution is -2.55. The van der Waals surface area contributed by atoms with Gasteiger partial charge in [-0.2, -0.15) is 0 Å². The zero-order valence-corrected chi connectivity index (χ0v) is 16.3. The van der Waals surface area contributed by atoms with Gasteiger partial charge >= 0.3 is 5.97 Å². The fraction of sp³-hybridized carbons (Fsp3) is 0.444. The maximum absolute atomic E-state index is 12.5. The first-order chi connectivity index (χ1) is 14.1. The molecular weight excluding hydrogens is 396 g/mol. The minimum absolute atomic E-state index is 0.0751. The largest absolute Gasteiger partial charge is 0.508 e. The Kier molecular flexibility index (Phi) is 10.1. The summed E-state index contributed by atoms with van der Waals surface area (Å²) in [6, 6.07) is 2.53. The molecule has 3 unspecified atom stereocenters. The van der Waals surface area contributed by atoms with Gasteiger partial charge in [-0.3, -0.25) is 14.6 Å². The molecule has 0 radical (unpaired) electrons. The Morgan fingerprint density at radius 2 is 1.63 bits per heavy atom. The first-order valence-corrected chi connectivity index (χ1v) is 9.17. The number of phenols is 1. The molecule has 1 aromatic carbocycles. The van der Waals surface area contributed by atoms with E-state index in [0.717, 1.165) is 0 Å². The molecule has 0 saturated carbocycles. The zero-order valence-electron chi connectivity index (χ0n) is 16.3. The maximum atomic E-state index is 12.5. The summed E-state index contributed by atoms with van der Waals surface area (Å²) in [6.45, 7) is -0.611. The van der Waals surface area contributed by atoms with Crippen molar-refractivity contribution < 1.29 is 29.7 Å². The van der Waals surface area contributed by atoms with Gasteiger partial charge in [0, 0.05) is 6.54 Å². The highest BCUT2D eigenvalue weighted by atomic mass is 16.4. The van der Waals surface area contributed by atoms with Crippen LogP contribution < -0.4 is 27.8 Å². The monoisotopic (exact) mass is 424 g/mol. The molecule has 3 atom stereocenters. The molecular formula is C18H28N6O6. The Morgan fingerprint density at radius 1 is 1.03 bits per heavy atom. The van der Waals surface area contributed by atoms with Gasteiger partial charge < -0.3 is 43.2 Å². The van der Waals surface area contributed by atoms with E-state index in [0.29, 0.717) is 12.0 Å². The Morgan fingerprint density at radius 3 is 2.17 bits per heavy atom. The lowest BCUT2D eigenvalue weighted by molar-refractivity contribution is -0.143. The molecule has 1 aromatic rings. The quantitative estimate of drug-likeness (QED) is 0.0995. The van der Waals surface area contributed by atoms with Gasteiger partial charge in [0.2, 0.25) is 11.8 Å². The number of nitrogens with one attached hydrogen (secondary N) is 2. The summed E-state index contributed by atoms with van der Waals surface area (Å²) < 4.78 is 0. The standard InChI is InChI=1S/C18H28N6O6/c19-12(8-10-3-5-11(26)6-4-10)15(27)23-13(2-1-7-22-18(20)21)16(28)24-14(9-25)17(29)30/h3-6,12-14,25-26H,1-2,7-9,19H2,(H,23,27)(H,24,28)(H,29,30)(H4,20,21,22). The van der Waals surface area contributed by atoms with Crippen molar-refractivity contribution in [2.24, 2.45) is 22.2 Å². The van der Waals surface area contributed by atoms with E-state index in [4.69, 9.17) is 27.4 Å². The number of amides is 2. The zero-order chi connectivity index (χ0) is 22.7. The molecule has 0 fully saturated rings. The third-order valence-electron chi connectivity index (χ3n) is 4.10. The second-order valence-electron chi connectivity index (χ2n) is 6.57. The first kappa shape index (κ1) is 24.7. The van der Waals surface area contributed by atoms with Crippen LogP contribution in [-0.4, -0.2) is 70.3 Å². The molecule has 12 heteroatoms. The second kappa shape index (κ2) is 12.2. The molecule has 1 rings (SSSR count).